The van der Waals surface area contributed by atoms with Gasteiger partial charge in [0.2, 0.25) is 0 Å². The Morgan fingerprint density at radius 1 is 1.69 bits per heavy atom. The molecule has 1 amide bonds. The van der Waals surface area contributed by atoms with E-state index in [4.69, 9.17) is 4.74 Å². The number of alkyl carbamates (subject to hydrolysis) is 1. The Labute approximate surface area is 79.2 Å². The molecule has 1 unspecified atom stereocenters. The number of nitrogens with one attached hydrogen (secondary N) is 1. The maximum absolute atomic E-state index is 10.9. The van der Waals surface area contributed by atoms with Gasteiger partial charge in [-0.05, 0) is 25.9 Å². The van der Waals surface area contributed by atoms with Gasteiger partial charge in [0.1, 0.15) is 6.10 Å². The van der Waals surface area contributed by atoms with E-state index in [-0.39, 0.29) is 12.2 Å². The van der Waals surface area contributed by atoms with Crippen molar-refractivity contribution < 1.29 is 9.53 Å². The first-order valence-electron chi connectivity index (χ1n) is 4.87. The second kappa shape index (κ2) is 5.07. The molecule has 1 atom stereocenters. The fraction of sp³-hybridized carbons (Fsp3) is 0.889. The van der Waals surface area contributed by atoms with Crippen molar-refractivity contribution in [3.63, 3.8) is 0 Å². The summed E-state index contributed by atoms with van der Waals surface area (Å²) in [6, 6.07) is 0. The second-order valence-electron chi connectivity index (χ2n) is 3.31. The number of hydrogen-bond acceptors (Lipinski definition) is 3. The van der Waals surface area contributed by atoms with Crippen molar-refractivity contribution in [1.29, 1.82) is 0 Å². The van der Waals surface area contributed by atoms with E-state index < -0.39 is 0 Å². The van der Waals surface area contributed by atoms with Crippen LogP contribution in [-0.2, 0) is 4.74 Å². The lowest BCUT2D eigenvalue weighted by molar-refractivity contribution is 0.0452. The third kappa shape index (κ3) is 3.22. The zero-order valence-electron chi connectivity index (χ0n) is 8.38. The summed E-state index contributed by atoms with van der Waals surface area (Å²) in [5.74, 6) is 0. The molecular weight excluding hydrogens is 168 g/mol. The van der Waals surface area contributed by atoms with Gasteiger partial charge in [0.25, 0.3) is 0 Å². The molecule has 4 nitrogen and oxygen atoms in total. The molecule has 1 rings (SSSR count). The molecule has 13 heavy (non-hydrogen) atoms. The highest BCUT2D eigenvalue weighted by Crippen LogP contribution is 2.12. The van der Waals surface area contributed by atoms with E-state index in [0.29, 0.717) is 0 Å². The molecule has 0 aromatic carbocycles. The molecule has 1 heterocycles. The number of amides is 1. The van der Waals surface area contributed by atoms with Crippen LogP contribution in [0.1, 0.15) is 19.8 Å². The fourth-order valence-corrected chi connectivity index (χ4v) is 1.61. The average molecular weight is 186 g/mol. The van der Waals surface area contributed by atoms with Gasteiger partial charge >= 0.3 is 6.09 Å². The minimum absolute atomic E-state index is 0.0775. The normalized spacial score (nSPS) is 24.0. The number of likely N-dealkylation sites (N-methyl/N-ethyl adjacent to an activating group) is 1. The summed E-state index contributed by atoms with van der Waals surface area (Å²) in [4.78, 5) is 13.2. The first kappa shape index (κ1) is 10.3. The van der Waals surface area contributed by atoms with E-state index >= 15 is 0 Å². The molecule has 1 aliphatic rings. The molecule has 0 spiro atoms. The van der Waals surface area contributed by atoms with Gasteiger partial charge < -0.3 is 10.1 Å². The highest BCUT2D eigenvalue weighted by molar-refractivity contribution is 5.66. The maximum atomic E-state index is 10.9. The molecule has 0 saturated carbocycles. The van der Waals surface area contributed by atoms with Gasteiger partial charge in [-0.25, -0.2) is 4.79 Å². The Hall–Kier alpha value is -0.770. The lowest BCUT2D eigenvalue weighted by Gasteiger charge is -2.31. The topological polar surface area (TPSA) is 41.6 Å². The smallest absolute Gasteiger partial charge is 0.407 e. The number of rotatable bonds is 2. The molecule has 1 fully saturated rings. The van der Waals surface area contributed by atoms with Gasteiger partial charge in [-0.15, -0.1) is 0 Å². The number of carbonyl (C=O) groups is 1. The van der Waals surface area contributed by atoms with Crippen LogP contribution in [0.5, 0.6) is 0 Å². The molecule has 0 aromatic rings. The Kier molecular flexibility index (Phi) is 4.02. The summed E-state index contributed by atoms with van der Waals surface area (Å²) in [6.07, 6.45) is 1.87. The number of hydrogen-bond donors (Lipinski definition) is 1. The zero-order chi connectivity index (χ0) is 9.68. The molecule has 0 aromatic heterocycles. The number of carbonyl (C=O) groups excluding carboxylic acids is 1. The van der Waals surface area contributed by atoms with Crippen LogP contribution in [0.25, 0.3) is 0 Å². The van der Waals surface area contributed by atoms with Crippen molar-refractivity contribution in [1.82, 2.24) is 10.2 Å². The van der Waals surface area contributed by atoms with Gasteiger partial charge in [0, 0.05) is 13.6 Å². The monoisotopic (exact) mass is 186 g/mol. The fourth-order valence-electron chi connectivity index (χ4n) is 1.61. The molecular formula is C9H18N2O2. The maximum Gasteiger partial charge on any atom is 0.407 e. The van der Waals surface area contributed by atoms with Crippen molar-refractivity contribution in [2.45, 2.75) is 25.9 Å². The summed E-state index contributed by atoms with van der Waals surface area (Å²) in [5.41, 5.74) is 0. The van der Waals surface area contributed by atoms with Gasteiger partial charge in [-0.3, -0.25) is 4.90 Å². The summed E-state index contributed by atoms with van der Waals surface area (Å²) in [7, 11) is 1.59. The molecule has 0 bridgehead atoms. The van der Waals surface area contributed by atoms with E-state index in [1.807, 2.05) is 0 Å². The van der Waals surface area contributed by atoms with Crippen LogP contribution in [0, 0.1) is 0 Å². The lowest BCUT2D eigenvalue weighted by atomic mass is 10.1. The summed E-state index contributed by atoms with van der Waals surface area (Å²) in [6.45, 7) is 5.17. The predicted molar refractivity (Wildman–Crippen MR) is 50.7 cm³/mol. The molecule has 4 heteroatoms. The SMILES string of the molecule is CCN1CCCC(OC(=O)NC)C1. The van der Waals surface area contributed by atoms with Crippen molar-refractivity contribution in [2.24, 2.45) is 0 Å². The quantitative estimate of drug-likeness (QED) is 0.694. The van der Waals surface area contributed by atoms with E-state index in [0.717, 1.165) is 32.5 Å². The Morgan fingerprint density at radius 2 is 2.46 bits per heavy atom. The van der Waals surface area contributed by atoms with Crippen LogP contribution in [0.4, 0.5) is 4.79 Å². The summed E-state index contributed by atoms with van der Waals surface area (Å²) < 4.78 is 5.18. The molecule has 76 valence electrons. The Bertz CT molecular complexity index is 173. The Morgan fingerprint density at radius 3 is 3.08 bits per heavy atom. The molecule has 0 radical (unpaired) electrons. The standard InChI is InChI=1S/C9H18N2O2/c1-3-11-6-4-5-8(7-11)13-9(12)10-2/h8H,3-7H2,1-2H3,(H,10,12). The summed E-state index contributed by atoms with van der Waals surface area (Å²) >= 11 is 0. The van der Waals surface area contributed by atoms with E-state index in [1.54, 1.807) is 7.05 Å². The third-order valence-electron chi connectivity index (χ3n) is 2.39. The van der Waals surface area contributed by atoms with E-state index in [9.17, 15) is 4.79 Å². The van der Waals surface area contributed by atoms with Crippen LogP contribution in [0.15, 0.2) is 0 Å². The van der Waals surface area contributed by atoms with Crippen molar-refractivity contribution in [3.8, 4) is 0 Å². The number of ether oxygens (including phenoxy) is 1. The van der Waals surface area contributed by atoms with Gasteiger partial charge in [0.15, 0.2) is 0 Å². The van der Waals surface area contributed by atoms with Crippen molar-refractivity contribution in [3.05, 3.63) is 0 Å². The van der Waals surface area contributed by atoms with Gasteiger partial charge in [0.05, 0.1) is 0 Å². The minimum Gasteiger partial charge on any atom is -0.445 e. The van der Waals surface area contributed by atoms with Gasteiger partial charge in [-0.1, -0.05) is 6.92 Å². The van der Waals surface area contributed by atoms with Crippen LogP contribution >= 0.6 is 0 Å². The van der Waals surface area contributed by atoms with Crippen LogP contribution < -0.4 is 5.32 Å². The highest BCUT2D eigenvalue weighted by Gasteiger charge is 2.21. The molecule has 0 aliphatic carbocycles. The van der Waals surface area contributed by atoms with Crippen molar-refractivity contribution in [2.75, 3.05) is 26.7 Å². The summed E-state index contributed by atoms with van der Waals surface area (Å²) in [5, 5.41) is 2.47. The first-order chi connectivity index (χ1) is 6.26. The average Bonchev–Trinajstić information content (AvgIpc) is 2.18. The van der Waals surface area contributed by atoms with Gasteiger partial charge in [-0.2, -0.15) is 0 Å². The molecule has 1 aliphatic heterocycles. The predicted octanol–water partition coefficient (Wildman–Crippen LogP) is 0.827. The zero-order valence-corrected chi connectivity index (χ0v) is 8.38. The van der Waals surface area contributed by atoms with E-state index in [2.05, 4.69) is 17.1 Å². The van der Waals surface area contributed by atoms with E-state index in [1.165, 1.54) is 0 Å². The van der Waals surface area contributed by atoms with Crippen LogP contribution in [-0.4, -0.2) is 43.8 Å². The third-order valence-corrected chi connectivity index (χ3v) is 2.39. The number of nitrogens with zero attached hydrogens (tertiary/aromatic N) is 1. The largest absolute Gasteiger partial charge is 0.445 e. The van der Waals surface area contributed by atoms with Crippen molar-refractivity contribution >= 4 is 6.09 Å². The first-order valence-corrected chi connectivity index (χ1v) is 4.87. The number of piperidine rings is 1. The number of likely N-dealkylation sites (tertiary alicyclic amines) is 1. The Balaban J connectivity index is 2.29. The van der Waals surface area contributed by atoms with Crippen LogP contribution in [0.3, 0.4) is 0 Å². The molecule has 1 N–H and O–H groups in total. The minimum atomic E-state index is -0.317. The molecule has 1 saturated heterocycles. The van der Waals surface area contributed by atoms with Crippen LogP contribution in [0.2, 0.25) is 0 Å². The second-order valence-corrected chi connectivity index (χ2v) is 3.31. The lowest BCUT2D eigenvalue weighted by Crippen LogP contribution is -2.41. The highest BCUT2D eigenvalue weighted by atomic mass is 16.6.